The standard InChI is InChI=1S/C30H23BrN2O4/c31-22-10-7-13-24(18-22)32-29(34)26-27(33(37-28(26)30(32)35)23-11-5-2-6-12-23)21-14-16-25(17-15-21)36-19-20-8-3-1-4-9-20/h1-18,26-28H,19H2. The summed E-state index contributed by atoms with van der Waals surface area (Å²) < 4.78 is 6.74. The van der Waals surface area contributed by atoms with E-state index in [2.05, 4.69) is 15.9 Å². The molecule has 0 N–H and O–H groups in total. The lowest BCUT2D eigenvalue weighted by atomic mass is 9.90. The summed E-state index contributed by atoms with van der Waals surface area (Å²) >= 11 is 3.43. The molecule has 6 rings (SSSR count). The zero-order chi connectivity index (χ0) is 25.4. The maximum absolute atomic E-state index is 13.8. The van der Waals surface area contributed by atoms with Gasteiger partial charge in [0.25, 0.3) is 5.91 Å². The molecule has 3 atom stereocenters. The third-order valence-corrected chi connectivity index (χ3v) is 7.16. The summed E-state index contributed by atoms with van der Waals surface area (Å²) in [6.07, 6.45) is -0.911. The van der Waals surface area contributed by atoms with Crippen LogP contribution in [0.5, 0.6) is 5.75 Å². The fourth-order valence-corrected chi connectivity index (χ4v) is 5.31. The first-order chi connectivity index (χ1) is 18.1. The zero-order valence-corrected chi connectivity index (χ0v) is 21.3. The SMILES string of the molecule is O=C1C2ON(c3ccccc3)C(c3ccc(OCc4ccccc4)cc3)C2C(=O)N1c1cccc(Br)c1. The van der Waals surface area contributed by atoms with Gasteiger partial charge in [0, 0.05) is 4.47 Å². The number of rotatable bonds is 6. The lowest BCUT2D eigenvalue weighted by Crippen LogP contribution is -2.37. The first kappa shape index (κ1) is 23.5. The van der Waals surface area contributed by atoms with Crippen LogP contribution in [0.2, 0.25) is 0 Å². The van der Waals surface area contributed by atoms with Crippen molar-refractivity contribution in [1.29, 1.82) is 0 Å². The van der Waals surface area contributed by atoms with E-state index >= 15 is 0 Å². The molecule has 0 aliphatic carbocycles. The predicted octanol–water partition coefficient (Wildman–Crippen LogP) is 6.08. The van der Waals surface area contributed by atoms with Crippen LogP contribution >= 0.6 is 15.9 Å². The van der Waals surface area contributed by atoms with Gasteiger partial charge in [0.2, 0.25) is 5.91 Å². The first-order valence-electron chi connectivity index (χ1n) is 12.0. The Labute approximate surface area is 223 Å². The van der Waals surface area contributed by atoms with Crippen molar-refractivity contribution < 1.29 is 19.2 Å². The van der Waals surface area contributed by atoms with Crippen molar-refractivity contribution in [2.24, 2.45) is 5.92 Å². The number of anilines is 2. The van der Waals surface area contributed by atoms with E-state index in [0.29, 0.717) is 12.3 Å². The molecule has 0 radical (unpaired) electrons. The number of benzene rings is 4. The molecule has 2 aliphatic heterocycles. The van der Waals surface area contributed by atoms with Gasteiger partial charge in [0.15, 0.2) is 6.10 Å². The number of hydroxylamine groups is 1. The van der Waals surface area contributed by atoms with Crippen LogP contribution in [-0.2, 0) is 21.0 Å². The van der Waals surface area contributed by atoms with Gasteiger partial charge < -0.3 is 4.74 Å². The van der Waals surface area contributed by atoms with Gasteiger partial charge in [0.1, 0.15) is 18.3 Å². The fourth-order valence-electron chi connectivity index (χ4n) is 4.92. The lowest BCUT2D eigenvalue weighted by molar-refractivity contribution is -0.126. The topological polar surface area (TPSA) is 59.1 Å². The first-order valence-corrected chi connectivity index (χ1v) is 12.8. The second-order valence-electron chi connectivity index (χ2n) is 8.99. The van der Waals surface area contributed by atoms with Crippen molar-refractivity contribution in [2.45, 2.75) is 18.8 Å². The van der Waals surface area contributed by atoms with Gasteiger partial charge >= 0.3 is 0 Å². The highest BCUT2D eigenvalue weighted by Gasteiger charge is 2.60. The van der Waals surface area contributed by atoms with E-state index in [1.54, 1.807) is 23.3 Å². The molecule has 7 heteroatoms. The average Bonchev–Trinajstić information content (AvgIpc) is 3.44. The van der Waals surface area contributed by atoms with Crippen LogP contribution in [0, 0.1) is 5.92 Å². The number of imide groups is 1. The number of carbonyl (C=O) groups is 2. The van der Waals surface area contributed by atoms with Gasteiger partial charge in [-0.25, -0.2) is 9.96 Å². The van der Waals surface area contributed by atoms with E-state index < -0.39 is 18.1 Å². The van der Waals surface area contributed by atoms with Crippen LogP contribution < -0.4 is 14.7 Å². The highest BCUT2D eigenvalue weighted by atomic mass is 79.9. The Morgan fingerprint density at radius 1 is 0.757 bits per heavy atom. The maximum Gasteiger partial charge on any atom is 0.266 e. The molecule has 2 fully saturated rings. The average molecular weight is 555 g/mol. The number of nitrogens with zero attached hydrogens (tertiary/aromatic N) is 2. The minimum absolute atomic E-state index is 0.277. The monoisotopic (exact) mass is 554 g/mol. The number of fused-ring (bicyclic) bond motifs is 1. The summed E-state index contributed by atoms with van der Waals surface area (Å²) in [6, 6.07) is 33.9. The van der Waals surface area contributed by atoms with Crippen LogP contribution in [0.15, 0.2) is 114 Å². The van der Waals surface area contributed by atoms with Gasteiger partial charge in [-0.1, -0.05) is 82.7 Å². The van der Waals surface area contributed by atoms with E-state index in [9.17, 15) is 9.59 Å². The van der Waals surface area contributed by atoms with Gasteiger partial charge in [0.05, 0.1) is 17.4 Å². The highest BCUT2D eigenvalue weighted by molar-refractivity contribution is 9.10. The van der Waals surface area contributed by atoms with E-state index in [0.717, 1.165) is 27.0 Å². The molecule has 2 amide bonds. The van der Waals surface area contributed by atoms with Crippen LogP contribution in [0.3, 0.4) is 0 Å². The second kappa shape index (κ2) is 9.84. The fraction of sp³-hybridized carbons (Fsp3) is 0.133. The Hall–Kier alpha value is -3.94. The highest BCUT2D eigenvalue weighted by Crippen LogP contribution is 2.47. The second-order valence-corrected chi connectivity index (χ2v) is 9.91. The Morgan fingerprint density at radius 2 is 1.43 bits per heavy atom. The lowest BCUT2D eigenvalue weighted by Gasteiger charge is -2.29. The molecule has 3 unspecified atom stereocenters. The van der Waals surface area contributed by atoms with Crippen LogP contribution in [0.4, 0.5) is 11.4 Å². The number of ether oxygens (including phenoxy) is 1. The number of halogens is 1. The molecule has 4 aromatic carbocycles. The molecule has 0 aromatic heterocycles. The van der Waals surface area contributed by atoms with Crippen molar-refractivity contribution in [2.75, 3.05) is 9.96 Å². The van der Waals surface area contributed by atoms with Gasteiger partial charge in [-0.2, -0.15) is 0 Å². The molecule has 37 heavy (non-hydrogen) atoms. The molecule has 0 bridgehead atoms. The molecule has 6 nitrogen and oxygen atoms in total. The predicted molar refractivity (Wildman–Crippen MR) is 144 cm³/mol. The van der Waals surface area contributed by atoms with Crippen molar-refractivity contribution in [3.05, 3.63) is 125 Å². The molecule has 184 valence electrons. The van der Waals surface area contributed by atoms with Crippen molar-refractivity contribution in [1.82, 2.24) is 0 Å². The van der Waals surface area contributed by atoms with E-state index in [1.165, 1.54) is 4.90 Å². The summed E-state index contributed by atoms with van der Waals surface area (Å²) in [7, 11) is 0. The zero-order valence-electron chi connectivity index (χ0n) is 19.7. The maximum atomic E-state index is 13.8. The van der Waals surface area contributed by atoms with Crippen molar-refractivity contribution >= 4 is 39.1 Å². The largest absolute Gasteiger partial charge is 0.489 e. The normalized spacial score (nSPS) is 20.8. The molecule has 2 aliphatic rings. The third kappa shape index (κ3) is 4.41. The molecule has 4 aromatic rings. The van der Waals surface area contributed by atoms with E-state index in [-0.39, 0.29) is 11.8 Å². The molecule has 0 spiro atoms. The molecule has 0 saturated carbocycles. The summed E-state index contributed by atoms with van der Waals surface area (Å²) in [5.41, 5.74) is 3.25. The summed E-state index contributed by atoms with van der Waals surface area (Å²) in [6.45, 7) is 0.460. The summed E-state index contributed by atoms with van der Waals surface area (Å²) in [4.78, 5) is 34.7. The Balaban J connectivity index is 1.32. The van der Waals surface area contributed by atoms with E-state index in [1.807, 2.05) is 91.0 Å². The van der Waals surface area contributed by atoms with Crippen molar-refractivity contribution in [3.8, 4) is 5.75 Å². The number of carbonyl (C=O) groups excluding carboxylic acids is 2. The van der Waals surface area contributed by atoms with E-state index in [4.69, 9.17) is 9.57 Å². The number of para-hydroxylation sites is 1. The molecule has 2 saturated heterocycles. The van der Waals surface area contributed by atoms with Crippen LogP contribution in [0.1, 0.15) is 17.2 Å². The van der Waals surface area contributed by atoms with Gasteiger partial charge in [-0.15, -0.1) is 0 Å². The summed E-state index contributed by atoms with van der Waals surface area (Å²) in [5, 5.41) is 1.70. The molecular formula is C30H23BrN2O4. The Kier molecular flexibility index (Phi) is 6.24. The Bertz CT molecular complexity index is 1430. The summed E-state index contributed by atoms with van der Waals surface area (Å²) in [5.74, 6) is -0.609. The van der Waals surface area contributed by atoms with Crippen LogP contribution in [0.25, 0.3) is 0 Å². The minimum atomic E-state index is -0.911. The number of hydrogen-bond donors (Lipinski definition) is 0. The molecular weight excluding hydrogens is 532 g/mol. The molecule has 2 heterocycles. The van der Waals surface area contributed by atoms with Crippen LogP contribution in [-0.4, -0.2) is 17.9 Å². The quantitative estimate of drug-likeness (QED) is 0.270. The number of hydrogen-bond acceptors (Lipinski definition) is 5. The Morgan fingerprint density at radius 3 is 2.14 bits per heavy atom. The third-order valence-electron chi connectivity index (χ3n) is 6.66. The number of amides is 2. The smallest absolute Gasteiger partial charge is 0.266 e. The van der Waals surface area contributed by atoms with Gasteiger partial charge in [-0.3, -0.25) is 14.4 Å². The minimum Gasteiger partial charge on any atom is -0.489 e. The van der Waals surface area contributed by atoms with Crippen molar-refractivity contribution in [3.63, 3.8) is 0 Å². The van der Waals surface area contributed by atoms with Gasteiger partial charge in [-0.05, 0) is 53.6 Å².